The normalized spacial score (nSPS) is 10.0. The van der Waals surface area contributed by atoms with Crippen molar-refractivity contribution in [3.63, 3.8) is 0 Å². The van der Waals surface area contributed by atoms with Gasteiger partial charge in [-0.2, -0.15) is 9.37 Å². The molecule has 72 valence electrons. The Morgan fingerprint density at radius 1 is 1.54 bits per heavy atom. The summed E-state index contributed by atoms with van der Waals surface area (Å²) in [4.78, 5) is 6.87. The van der Waals surface area contributed by atoms with Gasteiger partial charge < -0.3 is 15.6 Å². The maximum atomic E-state index is 12.7. The monoisotopic (exact) mass is 187 g/mol. The molecule has 0 saturated carbocycles. The van der Waals surface area contributed by atoms with E-state index in [-0.39, 0.29) is 24.8 Å². The van der Waals surface area contributed by atoms with Crippen LogP contribution in [0.3, 0.4) is 0 Å². The zero-order valence-electron chi connectivity index (χ0n) is 6.90. The number of hydrogen-bond acceptors (Lipinski definition) is 5. The van der Waals surface area contributed by atoms with Gasteiger partial charge in [-0.1, -0.05) is 0 Å². The predicted molar refractivity (Wildman–Crippen MR) is 43.6 cm³/mol. The van der Waals surface area contributed by atoms with Gasteiger partial charge in [-0.15, -0.1) is 0 Å². The fraction of sp³-hybridized carbons (Fsp3) is 0.429. The van der Waals surface area contributed by atoms with E-state index in [1.807, 2.05) is 0 Å². The third-order valence-corrected chi connectivity index (χ3v) is 1.34. The van der Waals surface area contributed by atoms with Crippen molar-refractivity contribution in [3.8, 4) is 5.88 Å². The highest BCUT2D eigenvalue weighted by molar-refractivity contribution is 5.45. The first-order valence-corrected chi connectivity index (χ1v) is 3.75. The number of hydrogen-bond donors (Lipinski definition) is 2. The summed E-state index contributed by atoms with van der Waals surface area (Å²) in [6.07, 6.45) is 1.48. The molecule has 0 amide bonds. The number of nitrogen functional groups attached to an aromatic ring is 1. The third kappa shape index (κ3) is 2.51. The Morgan fingerprint density at radius 3 is 3.00 bits per heavy atom. The van der Waals surface area contributed by atoms with Crippen LogP contribution >= 0.6 is 0 Å². The molecule has 1 aromatic rings. The molecule has 0 aliphatic carbocycles. The number of nitrogens with zero attached hydrogens (tertiary/aromatic N) is 2. The van der Waals surface area contributed by atoms with Crippen molar-refractivity contribution in [3.05, 3.63) is 12.3 Å². The molecule has 0 aromatic carbocycles. The average Bonchev–Trinajstić information content (AvgIpc) is 2.13. The largest absolute Gasteiger partial charge is 0.476 e. The number of aliphatic hydroxyl groups excluding tert-OH is 1. The van der Waals surface area contributed by atoms with E-state index in [0.29, 0.717) is 6.42 Å². The Kier molecular flexibility index (Phi) is 3.39. The van der Waals surface area contributed by atoms with Crippen LogP contribution in [0.5, 0.6) is 5.88 Å². The molecular weight excluding hydrogens is 177 g/mol. The van der Waals surface area contributed by atoms with E-state index in [2.05, 4.69) is 9.97 Å². The Hall–Kier alpha value is -1.43. The van der Waals surface area contributed by atoms with Crippen molar-refractivity contribution in [1.82, 2.24) is 9.97 Å². The smallest absolute Gasteiger partial charge is 0.243 e. The van der Waals surface area contributed by atoms with E-state index < -0.39 is 5.95 Å². The Morgan fingerprint density at radius 2 is 2.31 bits per heavy atom. The highest BCUT2D eigenvalue weighted by Gasteiger charge is 2.07. The molecule has 3 N–H and O–H groups in total. The van der Waals surface area contributed by atoms with E-state index in [1.54, 1.807) is 0 Å². The number of halogens is 1. The predicted octanol–water partition coefficient (Wildman–Crippen LogP) is -0.0409. The minimum atomic E-state index is -0.797. The van der Waals surface area contributed by atoms with Crippen molar-refractivity contribution in [2.24, 2.45) is 0 Å². The van der Waals surface area contributed by atoms with Crippen molar-refractivity contribution in [1.29, 1.82) is 0 Å². The minimum absolute atomic E-state index is 0.00741. The van der Waals surface area contributed by atoms with Crippen LogP contribution in [-0.2, 0) is 0 Å². The molecule has 1 aromatic heterocycles. The second-order valence-electron chi connectivity index (χ2n) is 2.31. The number of nitrogens with two attached hydrogens (primary N) is 1. The topological polar surface area (TPSA) is 81.3 Å². The minimum Gasteiger partial charge on any atom is -0.476 e. The first-order chi connectivity index (χ1) is 6.25. The van der Waals surface area contributed by atoms with Crippen LogP contribution in [0.2, 0.25) is 0 Å². The molecular formula is C7H10FN3O2. The lowest BCUT2D eigenvalue weighted by Crippen LogP contribution is -2.06. The molecule has 0 unspecified atom stereocenters. The van der Waals surface area contributed by atoms with Crippen LogP contribution in [0, 0.1) is 5.95 Å². The molecule has 1 heterocycles. The van der Waals surface area contributed by atoms with Crippen LogP contribution in [0.25, 0.3) is 0 Å². The lowest BCUT2D eigenvalue weighted by Gasteiger charge is -2.05. The zero-order valence-corrected chi connectivity index (χ0v) is 6.90. The summed E-state index contributed by atoms with van der Waals surface area (Å²) in [5.74, 6) is -0.782. The highest BCUT2D eigenvalue weighted by atomic mass is 19.1. The van der Waals surface area contributed by atoms with Gasteiger partial charge in [0.05, 0.1) is 6.61 Å². The number of rotatable bonds is 4. The van der Waals surface area contributed by atoms with Crippen LogP contribution in [0.1, 0.15) is 6.42 Å². The van der Waals surface area contributed by atoms with Crippen molar-refractivity contribution < 1.29 is 14.2 Å². The van der Waals surface area contributed by atoms with Gasteiger partial charge in [-0.3, -0.25) is 0 Å². The second-order valence-corrected chi connectivity index (χ2v) is 2.31. The van der Waals surface area contributed by atoms with Crippen molar-refractivity contribution in [2.75, 3.05) is 18.9 Å². The van der Waals surface area contributed by atoms with E-state index in [1.165, 1.54) is 0 Å². The first kappa shape index (κ1) is 9.66. The summed E-state index contributed by atoms with van der Waals surface area (Å²) in [7, 11) is 0. The molecule has 0 bridgehead atoms. The average molecular weight is 187 g/mol. The third-order valence-electron chi connectivity index (χ3n) is 1.34. The standard InChI is InChI=1S/C7H10FN3O2/c8-6-5(9)7(11-4-10-6)13-3-1-2-12/h4,12H,1-3,9H2. The molecule has 13 heavy (non-hydrogen) atoms. The Bertz CT molecular complexity index is 282. The molecule has 0 aliphatic rings. The van der Waals surface area contributed by atoms with Crippen molar-refractivity contribution in [2.45, 2.75) is 6.42 Å². The Labute approximate surface area is 74.4 Å². The van der Waals surface area contributed by atoms with Gasteiger partial charge >= 0.3 is 0 Å². The maximum absolute atomic E-state index is 12.7. The summed E-state index contributed by atoms with van der Waals surface area (Å²) in [5, 5.41) is 8.45. The lowest BCUT2D eigenvalue weighted by atomic mass is 10.5. The van der Waals surface area contributed by atoms with Gasteiger partial charge in [-0.25, -0.2) is 4.98 Å². The molecule has 0 spiro atoms. The lowest BCUT2D eigenvalue weighted by molar-refractivity contribution is 0.229. The summed E-state index contributed by atoms with van der Waals surface area (Å²) >= 11 is 0. The molecule has 5 nitrogen and oxygen atoms in total. The summed E-state index contributed by atoms with van der Waals surface area (Å²) < 4.78 is 17.7. The van der Waals surface area contributed by atoms with Crippen molar-refractivity contribution >= 4 is 5.69 Å². The number of aliphatic hydroxyl groups is 1. The van der Waals surface area contributed by atoms with Gasteiger partial charge in [-0.05, 0) is 0 Å². The van der Waals surface area contributed by atoms with Crippen LogP contribution < -0.4 is 10.5 Å². The van der Waals surface area contributed by atoms with E-state index in [4.69, 9.17) is 15.6 Å². The number of ether oxygens (including phenoxy) is 1. The van der Waals surface area contributed by atoms with E-state index in [0.717, 1.165) is 6.33 Å². The molecule has 0 radical (unpaired) electrons. The van der Waals surface area contributed by atoms with Gasteiger partial charge in [0.2, 0.25) is 11.8 Å². The second kappa shape index (κ2) is 4.56. The molecule has 6 heteroatoms. The van der Waals surface area contributed by atoms with Crippen LogP contribution in [0.4, 0.5) is 10.1 Å². The molecule has 1 rings (SSSR count). The van der Waals surface area contributed by atoms with Gasteiger partial charge in [0.25, 0.3) is 0 Å². The molecule has 0 saturated heterocycles. The van der Waals surface area contributed by atoms with Gasteiger partial charge in [0, 0.05) is 13.0 Å². The van der Waals surface area contributed by atoms with Crippen LogP contribution in [-0.4, -0.2) is 28.3 Å². The maximum Gasteiger partial charge on any atom is 0.243 e. The fourth-order valence-corrected chi connectivity index (χ4v) is 0.708. The fourth-order valence-electron chi connectivity index (χ4n) is 0.708. The summed E-state index contributed by atoms with van der Waals surface area (Å²) in [6.45, 7) is 0.255. The number of anilines is 1. The first-order valence-electron chi connectivity index (χ1n) is 3.75. The zero-order chi connectivity index (χ0) is 9.68. The molecule has 0 fully saturated rings. The van der Waals surface area contributed by atoms with Gasteiger partial charge in [0.15, 0.2) is 5.69 Å². The van der Waals surface area contributed by atoms with E-state index >= 15 is 0 Å². The van der Waals surface area contributed by atoms with E-state index in [9.17, 15) is 4.39 Å². The number of aromatic nitrogens is 2. The molecule has 0 aliphatic heterocycles. The quantitative estimate of drug-likeness (QED) is 0.510. The van der Waals surface area contributed by atoms with Crippen LogP contribution in [0.15, 0.2) is 6.33 Å². The summed E-state index contributed by atoms with van der Waals surface area (Å²) in [6, 6.07) is 0. The SMILES string of the molecule is Nc1c(F)ncnc1OCCCO. The highest BCUT2D eigenvalue weighted by Crippen LogP contribution is 2.18. The van der Waals surface area contributed by atoms with Gasteiger partial charge in [0.1, 0.15) is 6.33 Å². The molecule has 0 atom stereocenters. The Balaban J connectivity index is 2.61. The summed E-state index contributed by atoms with van der Waals surface area (Å²) in [5.41, 5.74) is 5.07.